The van der Waals surface area contributed by atoms with Gasteiger partial charge in [-0.05, 0) is 6.08 Å². The van der Waals surface area contributed by atoms with E-state index in [0.717, 1.165) is 11.3 Å². The number of nitrogens with one attached hydrogen (secondary N) is 1. The summed E-state index contributed by atoms with van der Waals surface area (Å²) in [5.41, 5.74) is 1.41. The number of carbonyl (C=O) groups is 1. The first-order chi connectivity index (χ1) is 7.90. The summed E-state index contributed by atoms with van der Waals surface area (Å²) < 4.78 is 4.52. The highest BCUT2D eigenvalue weighted by Crippen LogP contribution is 2.24. The first kappa shape index (κ1) is 13.0. The van der Waals surface area contributed by atoms with Crippen LogP contribution in [-0.4, -0.2) is 23.3 Å². The van der Waals surface area contributed by atoms with Gasteiger partial charge in [0.1, 0.15) is 11.6 Å². The van der Waals surface area contributed by atoms with Crippen molar-refractivity contribution in [1.82, 2.24) is 10.2 Å². The van der Waals surface area contributed by atoms with Crippen LogP contribution >= 0.6 is 0 Å². The minimum absolute atomic E-state index is 0.0422. The number of aromatic amines is 1. The van der Waals surface area contributed by atoms with Crippen molar-refractivity contribution in [3.8, 4) is 6.07 Å². The van der Waals surface area contributed by atoms with Crippen molar-refractivity contribution < 1.29 is 9.53 Å². The Hall–Kier alpha value is -2.09. The van der Waals surface area contributed by atoms with Gasteiger partial charge >= 0.3 is 5.97 Å². The number of carbonyl (C=O) groups excluding carboxylic acids is 1. The molecule has 0 aliphatic carbocycles. The van der Waals surface area contributed by atoms with Gasteiger partial charge in [0, 0.05) is 16.7 Å². The number of nitriles is 1. The summed E-state index contributed by atoms with van der Waals surface area (Å²) >= 11 is 0. The van der Waals surface area contributed by atoms with Crippen LogP contribution in [0.2, 0.25) is 0 Å². The molecule has 0 spiro atoms. The Kier molecular flexibility index (Phi) is 3.69. The molecule has 5 heteroatoms. The number of H-pyrrole nitrogens is 1. The van der Waals surface area contributed by atoms with E-state index in [2.05, 4.69) is 14.9 Å². The zero-order chi connectivity index (χ0) is 13.1. The minimum atomic E-state index is -0.645. The molecule has 1 N–H and O–H groups in total. The molecule has 1 aromatic heterocycles. The van der Waals surface area contributed by atoms with E-state index in [1.54, 1.807) is 6.20 Å². The van der Waals surface area contributed by atoms with Crippen LogP contribution in [0.15, 0.2) is 11.8 Å². The number of hydrogen-bond acceptors (Lipinski definition) is 4. The summed E-state index contributed by atoms with van der Waals surface area (Å²) in [6, 6.07) is 1.81. The Labute approximate surface area is 100 Å². The number of rotatable bonds is 2. The van der Waals surface area contributed by atoms with Gasteiger partial charge in [-0.2, -0.15) is 10.4 Å². The number of ether oxygens (including phenoxy) is 1. The second-order valence-corrected chi connectivity index (χ2v) is 4.61. The molecule has 0 amide bonds. The molecule has 5 nitrogen and oxygen atoms in total. The Balaban J connectivity index is 3.19. The third kappa shape index (κ3) is 2.94. The van der Waals surface area contributed by atoms with Crippen LogP contribution in [-0.2, 0) is 14.9 Å². The predicted molar refractivity (Wildman–Crippen MR) is 62.9 cm³/mol. The van der Waals surface area contributed by atoms with E-state index < -0.39 is 5.97 Å². The SMILES string of the molecule is COC(=O)C(C#N)=Cc1cn[nH]c1C(C)(C)C. The average molecular weight is 233 g/mol. The summed E-state index contributed by atoms with van der Waals surface area (Å²) in [5.74, 6) is -0.645. The van der Waals surface area contributed by atoms with E-state index in [-0.39, 0.29) is 11.0 Å². The highest BCUT2D eigenvalue weighted by Gasteiger charge is 2.20. The van der Waals surface area contributed by atoms with Crippen molar-refractivity contribution in [1.29, 1.82) is 5.26 Å². The lowest BCUT2D eigenvalue weighted by Crippen LogP contribution is -2.13. The Morgan fingerprint density at radius 1 is 1.59 bits per heavy atom. The molecular weight excluding hydrogens is 218 g/mol. The maximum absolute atomic E-state index is 11.3. The predicted octanol–water partition coefficient (Wildman–Crippen LogP) is 1.79. The fourth-order valence-electron chi connectivity index (χ4n) is 1.41. The van der Waals surface area contributed by atoms with Crippen LogP contribution in [0.3, 0.4) is 0 Å². The molecule has 1 aromatic rings. The summed E-state index contributed by atoms with van der Waals surface area (Å²) in [6.07, 6.45) is 3.07. The number of nitrogens with zero attached hydrogens (tertiary/aromatic N) is 2. The lowest BCUT2D eigenvalue weighted by atomic mass is 9.89. The van der Waals surface area contributed by atoms with Crippen LogP contribution in [0.25, 0.3) is 6.08 Å². The number of hydrogen-bond donors (Lipinski definition) is 1. The van der Waals surface area contributed by atoms with Gasteiger partial charge in [-0.25, -0.2) is 4.79 Å². The van der Waals surface area contributed by atoms with Crippen molar-refractivity contribution in [2.75, 3.05) is 7.11 Å². The quantitative estimate of drug-likeness (QED) is 0.480. The molecular formula is C12H15N3O2. The van der Waals surface area contributed by atoms with Crippen LogP contribution in [0.1, 0.15) is 32.0 Å². The normalized spacial score (nSPS) is 12.1. The molecule has 0 saturated carbocycles. The second-order valence-electron chi connectivity index (χ2n) is 4.61. The van der Waals surface area contributed by atoms with Gasteiger partial charge < -0.3 is 4.74 Å². The maximum atomic E-state index is 11.3. The Bertz CT molecular complexity index is 487. The molecule has 90 valence electrons. The van der Waals surface area contributed by atoms with E-state index in [9.17, 15) is 4.79 Å². The Morgan fingerprint density at radius 2 is 2.24 bits per heavy atom. The van der Waals surface area contributed by atoms with E-state index in [4.69, 9.17) is 5.26 Å². The fourth-order valence-corrected chi connectivity index (χ4v) is 1.41. The van der Waals surface area contributed by atoms with Crippen LogP contribution in [0.5, 0.6) is 0 Å². The zero-order valence-electron chi connectivity index (χ0n) is 10.4. The number of esters is 1. The van der Waals surface area contributed by atoms with E-state index in [0.29, 0.717) is 0 Å². The highest BCUT2D eigenvalue weighted by atomic mass is 16.5. The topological polar surface area (TPSA) is 78.8 Å². The lowest BCUT2D eigenvalue weighted by Gasteiger charge is -2.17. The van der Waals surface area contributed by atoms with Crippen LogP contribution < -0.4 is 0 Å². The number of methoxy groups -OCH3 is 1. The van der Waals surface area contributed by atoms with E-state index >= 15 is 0 Å². The molecule has 0 saturated heterocycles. The lowest BCUT2D eigenvalue weighted by molar-refractivity contribution is -0.135. The van der Waals surface area contributed by atoms with Crippen molar-refractivity contribution >= 4 is 12.0 Å². The summed E-state index contributed by atoms with van der Waals surface area (Å²) in [4.78, 5) is 11.3. The van der Waals surface area contributed by atoms with Crippen molar-refractivity contribution in [3.63, 3.8) is 0 Å². The molecule has 0 bridgehead atoms. The van der Waals surface area contributed by atoms with Gasteiger partial charge in [0.25, 0.3) is 0 Å². The Morgan fingerprint density at radius 3 is 2.71 bits per heavy atom. The van der Waals surface area contributed by atoms with Crippen molar-refractivity contribution in [2.45, 2.75) is 26.2 Å². The molecule has 0 unspecified atom stereocenters. The van der Waals surface area contributed by atoms with E-state index in [1.165, 1.54) is 13.2 Å². The van der Waals surface area contributed by atoms with Gasteiger partial charge in [0.2, 0.25) is 0 Å². The third-order valence-electron chi connectivity index (χ3n) is 2.24. The molecule has 0 aromatic carbocycles. The van der Waals surface area contributed by atoms with Crippen molar-refractivity contribution in [2.24, 2.45) is 0 Å². The minimum Gasteiger partial charge on any atom is -0.465 e. The van der Waals surface area contributed by atoms with Crippen LogP contribution in [0.4, 0.5) is 0 Å². The van der Waals surface area contributed by atoms with Crippen molar-refractivity contribution in [3.05, 3.63) is 23.0 Å². The first-order valence-electron chi connectivity index (χ1n) is 5.14. The first-order valence-corrected chi connectivity index (χ1v) is 5.14. The molecule has 0 atom stereocenters. The molecule has 1 heterocycles. The van der Waals surface area contributed by atoms with Gasteiger partial charge in [-0.15, -0.1) is 0 Å². The van der Waals surface area contributed by atoms with Gasteiger partial charge in [0.05, 0.1) is 13.3 Å². The molecule has 0 aliphatic heterocycles. The number of aromatic nitrogens is 2. The summed E-state index contributed by atoms with van der Waals surface area (Å²) in [6.45, 7) is 6.05. The average Bonchev–Trinajstić information content (AvgIpc) is 2.72. The maximum Gasteiger partial charge on any atom is 0.348 e. The molecule has 1 rings (SSSR count). The largest absolute Gasteiger partial charge is 0.465 e. The zero-order valence-corrected chi connectivity index (χ0v) is 10.4. The summed E-state index contributed by atoms with van der Waals surface area (Å²) in [5, 5.41) is 15.7. The molecule has 17 heavy (non-hydrogen) atoms. The van der Waals surface area contributed by atoms with Gasteiger partial charge in [-0.1, -0.05) is 20.8 Å². The fraction of sp³-hybridized carbons (Fsp3) is 0.417. The highest BCUT2D eigenvalue weighted by molar-refractivity contribution is 5.97. The molecule has 0 fully saturated rings. The second kappa shape index (κ2) is 4.83. The van der Waals surface area contributed by atoms with E-state index in [1.807, 2.05) is 26.8 Å². The smallest absolute Gasteiger partial charge is 0.348 e. The van der Waals surface area contributed by atoms with Crippen LogP contribution in [0, 0.1) is 11.3 Å². The summed E-state index contributed by atoms with van der Waals surface area (Å²) in [7, 11) is 1.24. The van der Waals surface area contributed by atoms with Gasteiger partial charge in [0.15, 0.2) is 0 Å². The molecule has 0 aliphatic rings. The van der Waals surface area contributed by atoms with Gasteiger partial charge in [-0.3, -0.25) is 5.10 Å². The molecule has 0 radical (unpaired) electrons. The third-order valence-corrected chi connectivity index (χ3v) is 2.24. The standard InChI is InChI=1S/C12H15N3O2/c1-12(2,3)10-9(7-14-15-10)5-8(6-13)11(16)17-4/h5,7H,1-4H3,(H,14,15). The monoisotopic (exact) mass is 233 g/mol.